The number of carbonyl (C=O) groups excluding carboxylic acids is 1. The van der Waals surface area contributed by atoms with Gasteiger partial charge in [-0.3, -0.25) is 14.9 Å². The van der Waals surface area contributed by atoms with Gasteiger partial charge in [0.05, 0.1) is 11.5 Å². The van der Waals surface area contributed by atoms with Crippen LogP contribution in [0, 0.1) is 10.1 Å². The van der Waals surface area contributed by atoms with Crippen LogP contribution in [0.3, 0.4) is 0 Å². The second-order valence-corrected chi connectivity index (χ2v) is 5.22. The van der Waals surface area contributed by atoms with Crippen molar-refractivity contribution in [3.05, 3.63) is 16.3 Å². The van der Waals surface area contributed by atoms with Gasteiger partial charge in [0.2, 0.25) is 17.7 Å². The molecule has 1 saturated carbocycles. The molecule has 1 aliphatic rings. The van der Waals surface area contributed by atoms with Gasteiger partial charge in [-0.1, -0.05) is 0 Å². The Balaban J connectivity index is 2.19. The summed E-state index contributed by atoms with van der Waals surface area (Å²) in [6, 6.07) is 0.236. The van der Waals surface area contributed by atoms with Gasteiger partial charge in [0.1, 0.15) is 6.20 Å². The van der Waals surface area contributed by atoms with Gasteiger partial charge in [0.15, 0.2) is 0 Å². The SMILES string of the molecule is CN(C)C(=O)CN(C)c1ncc([N+](=O)[O-])c(NC2CC2)n1. The van der Waals surface area contributed by atoms with Crippen molar-refractivity contribution in [1.29, 1.82) is 0 Å². The number of carbonyl (C=O) groups is 1. The number of amides is 1. The molecule has 0 aromatic carbocycles. The molecule has 9 nitrogen and oxygen atoms in total. The minimum atomic E-state index is -0.514. The predicted molar refractivity (Wildman–Crippen MR) is 77.3 cm³/mol. The van der Waals surface area contributed by atoms with Gasteiger partial charge in [-0.05, 0) is 12.8 Å². The summed E-state index contributed by atoms with van der Waals surface area (Å²) in [6.45, 7) is 0.105. The Morgan fingerprint density at radius 1 is 1.48 bits per heavy atom. The second kappa shape index (κ2) is 5.90. The maximum Gasteiger partial charge on any atom is 0.329 e. The number of nitrogens with one attached hydrogen (secondary N) is 1. The van der Waals surface area contributed by atoms with E-state index in [4.69, 9.17) is 0 Å². The smallest absolute Gasteiger partial charge is 0.329 e. The fourth-order valence-corrected chi connectivity index (χ4v) is 1.63. The molecule has 1 fully saturated rings. The first kappa shape index (κ1) is 14.9. The van der Waals surface area contributed by atoms with Crippen LogP contribution in [0.2, 0.25) is 0 Å². The van der Waals surface area contributed by atoms with E-state index in [9.17, 15) is 14.9 Å². The summed E-state index contributed by atoms with van der Waals surface area (Å²) in [5, 5.41) is 14.0. The summed E-state index contributed by atoms with van der Waals surface area (Å²) in [6.07, 6.45) is 3.13. The number of aromatic nitrogens is 2. The summed E-state index contributed by atoms with van der Waals surface area (Å²) in [5.74, 6) is 0.381. The van der Waals surface area contributed by atoms with E-state index in [-0.39, 0.29) is 35.9 Å². The summed E-state index contributed by atoms with van der Waals surface area (Å²) in [5.41, 5.74) is -0.155. The van der Waals surface area contributed by atoms with Crippen molar-refractivity contribution >= 4 is 23.4 Å². The second-order valence-electron chi connectivity index (χ2n) is 5.22. The third-order valence-corrected chi connectivity index (χ3v) is 3.08. The molecule has 0 unspecified atom stereocenters. The summed E-state index contributed by atoms with van der Waals surface area (Å²) < 4.78 is 0. The van der Waals surface area contributed by atoms with Crippen LogP contribution >= 0.6 is 0 Å². The number of hydrogen-bond acceptors (Lipinski definition) is 7. The monoisotopic (exact) mass is 294 g/mol. The summed E-state index contributed by atoms with van der Waals surface area (Å²) in [7, 11) is 4.99. The lowest BCUT2D eigenvalue weighted by Crippen LogP contribution is -2.35. The van der Waals surface area contributed by atoms with Gasteiger partial charge >= 0.3 is 5.69 Å². The molecule has 114 valence electrons. The lowest BCUT2D eigenvalue weighted by Gasteiger charge is -2.19. The van der Waals surface area contributed by atoms with E-state index < -0.39 is 4.92 Å². The Morgan fingerprint density at radius 2 is 2.14 bits per heavy atom. The van der Waals surface area contributed by atoms with Crippen LogP contribution in [0.15, 0.2) is 6.20 Å². The average molecular weight is 294 g/mol. The molecule has 1 N–H and O–H groups in total. The van der Waals surface area contributed by atoms with Crippen LogP contribution in [-0.2, 0) is 4.79 Å². The molecule has 1 amide bonds. The highest BCUT2D eigenvalue weighted by Crippen LogP contribution is 2.29. The highest BCUT2D eigenvalue weighted by atomic mass is 16.6. The molecule has 0 saturated heterocycles. The van der Waals surface area contributed by atoms with Crippen molar-refractivity contribution in [1.82, 2.24) is 14.9 Å². The molecule has 1 aromatic rings. The summed E-state index contributed by atoms with van der Waals surface area (Å²) in [4.78, 5) is 33.3. The fourth-order valence-electron chi connectivity index (χ4n) is 1.63. The highest BCUT2D eigenvalue weighted by Gasteiger charge is 2.27. The van der Waals surface area contributed by atoms with Gasteiger partial charge in [-0.25, -0.2) is 4.98 Å². The fraction of sp³-hybridized carbons (Fsp3) is 0.583. The number of likely N-dealkylation sites (N-methyl/N-ethyl adjacent to an activating group) is 2. The van der Waals surface area contributed by atoms with E-state index in [1.165, 1.54) is 11.1 Å². The molecule has 1 heterocycles. The minimum absolute atomic E-state index is 0.101. The predicted octanol–water partition coefficient (Wildman–Crippen LogP) is 0.483. The minimum Gasteiger partial charge on any atom is -0.361 e. The first-order valence-electron chi connectivity index (χ1n) is 6.57. The lowest BCUT2D eigenvalue weighted by molar-refractivity contribution is -0.384. The van der Waals surface area contributed by atoms with E-state index in [0.717, 1.165) is 12.8 Å². The zero-order valence-corrected chi connectivity index (χ0v) is 12.2. The molecular formula is C12H18N6O3. The molecule has 1 aliphatic carbocycles. The molecule has 0 bridgehead atoms. The third kappa shape index (κ3) is 3.77. The molecule has 9 heteroatoms. The van der Waals surface area contributed by atoms with E-state index in [2.05, 4.69) is 15.3 Å². The molecule has 2 rings (SSSR count). The standard InChI is InChI=1S/C12H18N6O3/c1-16(2)10(19)7-17(3)12-13-6-9(18(20)21)11(15-12)14-8-4-5-8/h6,8H,4-5,7H2,1-3H3,(H,13,14,15). The van der Waals surface area contributed by atoms with Crippen LogP contribution in [-0.4, -0.2) is 59.4 Å². The molecule has 0 atom stereocenters. The van der Waals surface area contributed by atoms with Crippen molar-refractivity contribution in [2.45, 2.75) is 18.9 Å². The zero-order chi connectivity index (χ0) is 15.6. The molecule has 1 aromatic heterocycles. The van der Waals surface area contributed by atoms with Crippen LogP contribution in [0.5, 0.6) is 0 Å². The molecule has 0 radical (unpaired) electrons. The number of nitro groups is 1. The van der Waals surface area contributed by atoms with Crippen molar-refractivity contribution in [3.63, 3.8) is 0 Å². The summed E-state index contributed by atoms with van der Waals surface area (Å²) >= 11 is 0. The maximum atomic E-state index is 11.7. The van der Waals surface area contributed by atoms with E-state index in [1.807, 2.05) is 0 Å². The first-order valence-corrected chi connectivity index (χ1v) is 6.57. The quantitative estimate of drug-likeness (QED) is 0.601. The van der Waals surface area contributed by atoms with Gasteiger partial charge < -0.3 is 15.1 Å². The van der Waals surface area contributed by atoms with Crippen LogP contribution in [0.25, 0.3) is 0 Å². The number of hydrogen-bond donors (Lipinski definition) is 1. The number of rotatable bonds is 6. The van der Waals surface area contributed by atoms with Crippen LogP contribution < -0.4 is 10.2 Å². The van der Waals surface area contributed by atoms with Crippen LogP contribution in [0.4, 0.5) is 17.5 Å². The molecule has 0 spiro atoms. The Kier molecular flexibility index (Phi) is 4.20. The van der Waals surface area contributed by atoms with Gasteiger partial charge in [0.25, 0.3) is 0 Å². The molecule has 0 aliphatic heterocycles. The molecule has 21 heavy (non-hydrogen) atoms. The Labute approximate surface area is 122 Å². The van der Waals surface area contributed by atoms with E-state index in [0.29, 0.717) is 0 Å². The Morgan fingerprint density at radius 3 is 2.67 bits per heavy atom. The van der Waals surface area contributed by atoms with Gasteiger partial charge in [-0.2, -0.15) is 4.98 Å². The zero-order valence-electron chi connectivity index (χ0n) is 12.2. The molecular weight excluding hydrogens is 276 g/mol. The topological polar surface area (TPSA) is 104 Å². The van der Waals surface area contributed by atoms with Crippen molar-refractivity contribution in [3.8, 4) is 0 Å². The van der Waals surface area contributed by atoms with Crippen molar-refractivity contribution in [2.24, 2.45) is 0 Å². The number of anilines is 2. The Bertz CT molecular complexity index is 558. The lowest BCUT2D eigenvalue weighted by atomic mass is 10.4. The Hall–Kier alpha value is -2.45. The maximum absolute atomic E-state index is 11.7. The van der Waals surface area contributed by atoms with E-state index >= 15 is 0 Å². The average Bonchev–Trinajstić information content (AvgIpc) is 3.22. The van der Waals surface area contributed by atoms with Crippen LogP contribution in [0.1, 0.15) is 12.8 Å². The van der Waals surface area contributed by atoms with Crippen molar-refractivity contribution < 1.29 is 9.72 Å². The van der Waals surface area contributed by atoms with Gasteiger partial charge in [0, 0.05) is 27.2 Å². The van der Waals surface area contributed by atoms with Gasteiger partial charge in [-0.15, -0.1) is 0 Å². The first-order chi connectivity index (χ1) is 9.88. The third-order valence-electron chi connectivity index (χ3n) is 3.08. The normalized spacial score (nSPS) is 13.7. The number of nitrogens with zero attached hydrogens (tertiary/aromatic N) is 5. The highest BCUT2D eigenvalue weighted by molar-refractivity contribution is 5.80. The largest absolute Gasteiger partial charge is 0.361 e. The van der Waals surface area contributed by atoms with Crippen molar-refractivity contribution in [2.75, 3.05) is 37.9 Å². The van der Waals surface area contributed by atoms with E-state index in [1.54, 1.807) is 26.0 Å².